The van der Waals surface area contributed by atoms with Crippen molar-refractivity contribution in [3.8, 4) is 0 Å². The fourth-order valence-electron chi connectivity index (χ4n) is 2.54. The Labute approximate surface area is 150 Å². The van der Waals surface area contributed by atoms with Gasteiger partial charge in [0.1, 0.15) is 11.3 Å². The Bertz CT molecular complexity index is 1030. The van der Waals surface area contributed by atoms with Gasteiger partial charge in [-0.15, -0.1) is 0 Å². The van der Waals surface area contributed by atoms with Crippen LogP contribution in [0.4, 0.5) is 13.2 Å². The highest BCUT2D eigenvalue weighted by Gasteiger charge is 2.31. The molecule has 0 fully saturated rings. The lowest BCUT2D eigenvalue weighted by Crippen LogP contribution is -2.10. The van der Waals surface area contributed by atoms with Gasteiger partial charge in [-0.1, -0.05) is 11.6 Å². The highest BCUT2D eigenvalue weighted by molar-refractivity contribution is 6.31. The maximum Gasteiger partial charge on any atom is 0.417 e. The number of hydrogen-bond acceptors (Lipinski definition) is 4. The van der Waals surface area contributed by atoms with E-state index in [0.717, 1.165) is 6.07 Å². The van der Waals surface area contributed by atoms with Crippen molar-refractivity contribution in [2.45, 2.75) is 26.6 Å². The van der Waals surface area contributed by atoms with Crippen LogP contribution in [0.15, 0.2) is 18.3 Å². The van der Waals surface area contributed by atoms with Crippen LogP contribution in [0.2, 0.25) is 5.02 Å². The van der Waals surface area contributed by atoms with Crippen LogP contribution in [-0.4, -0.2) is 30.6 Å². The van der Waals surface area contributed by atoms with Gasteiger partial charge in [0.25, 0.3) is 0 Å². The minimum atomic E-state index is -4.54. The first-order chi connectivity index (χ1) is 12.1. The zero-order valence-corrected chi connectivity index (χ0v) is 14.4. The van der Waals surface area contributed by atoms with Crippen LogP contribution in [0, 0.1) is 13.8 Å². The van der Waals surface area contributed by atoms with Crippen LogP contribution in [0.1, 0.15) is 33.1 Å². The van der Waals surface area contributed by atoms with Crippen LogP contribution < -0.4 is 0 Å². The Balaban J connectivity index is 2.09. The third-order valence-corrected chi connectivity index (χ3v) is 4.18. The van der Waals surface area contributed by atoms with Crippen molar-refractivity contribution in [2.24, 2.45) is 0 Å². The lowest BCUT2D eigenvalue weighted by Gasteiger charge is -2.11. The molecule has 0 unspecified atom stereocenters. The van der Waals surface area contributed by atoms with Gasteiger partial charge < -0.3 is 9.67 Å². The van der Waals surface area contributed by atoms with Gasteiger partial charge in [-0.3, -0.25) is 4.98 Å². The molecular weight excluding hydrogens is 373 g/mol. The second kappa shape index (κ2) is 6.24. The first-order valence-electron chi connectivity index (χ1n) is 7.37. The number of aromatic carboxylic acids is 1. The smallest absolute Gasteiger partial charge is 0.417 e. The molecule has 0 bridgehead atoms. The lowest BCUT2D eigenvalue weighted by atomic mass is 10.2. The number of aryl methyl sites for hydroxylation is 2. The molecule has 3 aromatic rings. The maximum absolute atomic E-state index is 12.7. The first kappa shape index (κ1) is 18.1. The maximum atomic E-state index is 12.7. The number of carboxylic acids is 1. The largest absolute Gasteiger partial charge is 0.477 e. The molecular formula is C16H12ClF3N4O2. The summed E-state index contributed by atoms with van der Waals surface area (Å²) < 4.78 is 39.8. The van der Waals surface area contributed by atoms with E-state index in [1.54, 1.807) is 18.4 Å². The molecule has 10 heteroatoms. The van der Waals surface area contributed by atoms with Crippen LogP contribution in [-0.2, 0) is 12.7 Å². The minimum Gasteiger partial charge on any atom is -0.477 e. The van der Waals surface area contributed by atoms with Crippen molar-refractivity contribution in [1.29, 1.82) is 0 Å². The van der Waals surface area contributed by atoms with Gasteiger partial charge in [-0.2, -0.15) is 13.2 Å². The zero-order chi connectivity index (χ0) is 19.2. The van der Waals surface area contributed by atoms with E-state index >= 15 is 0 Å². The Kier molecular flexibility index (Phi) is 4.35. The summed E-state index contributed by atoms with van der Waals surface area (Å²) in [7, 11) is 0. The molecule has 0 aliphatic heterocycles. The molecule has 1 N–H and O–H groups in total. The number of hydrogen-bond donors (Lipinski definition) is 1. The molecule has 0 saturated heterocycles. The van der Waals surface area contributed by atoms with E-state index in [-0.39, 0.29) is 23.0 Å². The molecule has 0 atom stereocenters. The van der Waals surface area contributed by atoms with Crippen LogP contribution in [0.5, 0.6) is 0 Å². The number of aromatic nitrogens is 4. The molecule has 6 nitrogen and oxygen atoms in total. The van der Waals surface area contributed by atoms with Crippen molar-refractivity contribution >= 4 is 28.7 Å². The van der Waals surface area contributed by atoms with E-state index in [0.29, 0.717) is 28.7 Å². The summed E-state index contributed by atoms with van der Waals surface area (Å²) >= 11 is 5.96. The van der Waals surface area contributed by atoms with Crippen LogP contribution in [0.3, 0.4) is 0 Å². The summed E-state index contributed by atoms with van der Waals surface area (Å²) in [6, 6.07) is 2.21. The number of halogens is 4. The average molecular weight is 385 g/mol. The van der Waals surface area contributed by atoms with Gasteiger partial charge >= 0.3 is 12.1 Å². The van der Waals surface area contributed by atoms with Gasteiger partial charge in [-0.05, 0) is 31.5 Å². The normalized spacial score (nSPS) is 11.9. The molecule has 26 heavy (non-hydrogen) atoms. The Morgan fingerprint density at radius 1 is 1.27 bits per heavy atom. The monoisotopic (exact) mass is 384 g/mol. The number of imidazole rings is 1. The van der Waals surface area contributed by atoms with E-state index in [9.17, 15) is 23.1 Å². The van der Waals surface area contributed by atoms with E-state index < -0.39 is 17.7 Å². The predicted molar refractivity (Wildman–Crippen MR) is 87.3 cm³/mol. The van der Waals surface area contributed by atoms with E-state index in [1.165, 1.54) is 6.07 Å². The number of fused-ring (bicyclic) bond motifs is 1. The molecule has 0 aliphatic rings. The number of carbonyl (C=O) groups is 1. The second-order valence-electron chi connectivity index (χ2n) is 5.70. The van der Waals surface area contributed by atoms with Crippen molar-refractivity contribution in [1.82, 2.24) is 19.5 Å². The summed E-state index contributed by atoms with van der Waals surface area (Å²) in [5.41, 5.74) is 0.541. The highest BCUT2D eigenvalue weighted by atomic mass is 35.5. The first-order valence-corrected chi connectivity index (χ1v) is 7.75. The molecule has 3 aromatic heterocycles. The summed E-state index contributed by atoms with van der Waals surface area (Å²) in [6.45, 7) is 3.39. The summed E-state index contributed by atoms with van der Waals surface area (Å²) in [6.07, 6.45) is -3.83. The van der Waals surface area contributed by atoms with E-state index in [1.807, 2.05) is 0 Å². The third-order valence-electron chi connectivity index (χ3n) is 3.86. The van der Waals surface area contributed by atoms with Crippen molar-refractivity contribution in [3.63, 3.8) is 0 Å². The van der Waals surface area contributed by atoms with Gasteiger partial charge in [0.2, 0.25) is 0 Å². The summed E-state index contributed by atoms with van der Waals surface area (Å²) in [5.74, 6) is -0.679. The molecule has 0 spiro atoms. The van der Waals surface area contributed by atoms with Crippen LogP contribution in [0.25, 0.3) is 11.2 Å². The zero-order valence-electron chi connectivity index (χ0n) is 13.6. The molecule has 0 amide bonds. The highest BCUT2D eigenvalue weighted by Crippen LogP contribution is 2.31. The molecule has 0 radical (unpaired) electrons. The predicted octanol–water partition coefficient (Wildman–Crippen LogP) is 3.86. The minimum absolute atomic E-state index is 0.00875. The van der Waals surface area contributed by atoms with Crippen molar-refractivity contribution < 1.29 is 23.1 Å². The van der Waals surface area contributed by atoms with E-state index in [2.05, 4.69) is 15.0 Å². The Hall–Kier alpha value is -2.68. The summed E-state index contributed by atoms with van der Waals surface area (Å²) in [4.78, 5) is 23.5. The SMILES string of the molecule is Cc1cc(C(=O)O)nc2c1nc(C)n2Cc1ncc(C(F)(F)F)cc1Cl. The molecule has 3 rings (SSSR count). The number of alkyl halides is 3. The standard InChI is InChI=1S/C16H12ClF3N4O2/c1-7-3-11(15(25)26)23-14-13(7)22-8(2)24(14)6-12-10(17)4-9(5-21-12)16(18,19)20/h3-5H,6H2,1-2H3,(H,25,26). The fraction of sp³-hybridized carbons (Fsp3) is 0.250. The van der Waals surface area contributed by atoms with Gasteiger partial charge in [0, 0.05) is 6.20 Å². The lowest BCUT2D eigenvalue weighted by molar-refractivity contribution is -0.137. The number of nitrogens with zero attached hydrogens (tertiary/aromatic N) is 4. The van der Waals surface area contributed by atoms with Gasteiger partial charge in [0.15, 0.2) is 11.3 Å². The Morgan fingerprint density at radius 2 is 1.96 bits per heavy atom. The molecule has 0 saturated carbocycles. The topological polar surface area (TPSA) is 80.9 Å². The average Bonchev–Trinajstić information content (AvgIpc) is 2.85. The second-order valence-corrected chi connectivity index (χ2v) is 6.10. The number of carboxylic acid groups (broad SMARTS) is 1. The summed E-state index contributed by atoms with van der Waals surface area (Å²) in [5, 5.41) is 9.03. The number of pyridine rings is 2. The van der Waals surface area contributed by atoms with Crippen molar-refractivity contribution in [2.75, 3.05) is 0 Å². The molecule has 0 aliphatic carbocycles. The quantitative estimate of drug-likeness (QED) is 0.741. The third kappa shape index (κ3) is 3.22. The Morgan fingerprint density at radius 3 is 2.54 bits per heavy atom. The molecule has 0 aromatic carbocycles. The van der Waals surface area contributed by atoms with Crippen LogP contribution >= 0.6 is 11.6 Å². The van der Waals surface area contributed by atoms with E-state index in [4.69, 9.17) is 11.6 Å². The van der Waals surface area contributed by atoms with Gasteiger partial charge in [-0.25, -0.2) is 14.8 Å². The fourth-order valence-corrected chi connectivity index (χ4v) is 2.76. The number of rotatable bonds is 3. The van der Waals surface area contributed by atoms with Crippen molar-refractivity contribution in [3.05, 3.63) is 51.7 Å². The molecule has 136 valence electrons. The van der Waals surface area contributed by atoms with Gasteiger partial charge in [0.05, 0.1) is 22.8 Å². The molecule has 3 heterocycles.